The number of nitrogens with one attached hydrogen (secondary N) is 1. The Kier molecular flexibility index (Phi) is 2.33. The molecule has 5 heteroatoms. The van der Waals surface area contributed by atoms with Gasteiger partial charge in [-0.2, -0.15) is 13.2 Å². The Morgan fingerprint density at radius 3 is 2.76 bits per heavy atom. The average Bonchev–Trinajstić information content (AvgIpc) is 2.54. The van der Waals surface area contributed by atoms with Gasteiger partial charge >= 0.3 is 6.18 Å². The molecule has 0 amide bonds. The van der Waals surface area contributed by atoms with Gasteiger partial charge in [-0.05, 0) is 23.6 Å². The van der Waals surface area contributed by atoms with Crippen molar-refractivity contribution in [2.45, 2.75) is 19.1 Å². The van der Waals surface area contributed by atoms with Gasteiger partial charge < -0.3 is 10.2 Å². The summed E-state index contributed by atoms with van der Waals surface area (Å²) in [6.07, 6.45) is -3.72. The summed E-state index contributed by atoms with van der Waals surface area (Å²) >= 11 is 0. The Hall–Kier alpha value is -1.23. The van der Waals surface area contributed by atoms with E-state index < -0.39 is 11.7 Å². The molecule has 0 saturated heterocycles. The number of alkyl halides is 3. The molecule has 0 atom stereocenters. The minimum atomic E-state index is -4.24. The van der Waals surface area contributed by atoms with Crippen molar-refractivity contribution in [2.24, 2.45) is 0 Å². The minimum Gasteiger partial charge on any atom is -0.369 e. The van der Waals surface area contributed by atoms with Crippen LogP contribution in [-0.2, 0) is 19.1 Å². The largest absolute Gasteiger partial charge is 0.416 e. The summed E-state index contributed by atoms with van der Waals surface area (Å²) in [7, 11) is 0. The van der Waals surface area contributed by atoms with Crippen LogP contribution in [0, 0.1) is 0 Å². The molecule has 2 nitrogen and oxygen atoms in total. The molecular weight excluding hydrogens is 229 g/mol. The molecular formula is C12H13F3N2. The highest BCUT2D eigenvalue weighted by atomic mass is 19.4. The average molecular weight is 242 g/mol. The lowest BCUT2D eigenvalue weighted by molar-refractivity contribution is -0.138. The van der Waals surface area contributed by atoms with E-state index in [4.69, 9.17) is 0 Å². The molecule has 0 radical (unpaired) electrons. The second kappa shape index (κ2) is 3.63. The fraction of sp³-hybridized carbons (Fsp3) is 0.500. The van der Waals surface area contributed by atoms with E-state index in [0.717, 1.165) is 24.3 Å². The summed E-state index contributed by atoms with van der Waals surface area (Å²) in [5, 5.41) is 3.23. The van der Waals surface area contributed by atoms with Crippen LogP contribution in [0.4, 0.5) is 18.9 Å². The van der Waals surface area contributed by atoms with Gasteiger partial charge in [-0.15, -0.1) is 0 Å². The molecule has 0 aliphatic carbocycles. The Bertz CT molecular complexity index is 454. The number of benzene rings is 1. The summed E-state index contributed by atoms with van der Waals surface area (Å²) < 4.78 is 38.7. The molecule has 1 aromatic carbocycles. The molecule has 92 valence electrons. The Labute approximate surface area is 97.4 Å². The quantitative estimate of drug-likeness (QED) is 0.750. The van der Waals surface area contributed by atoms with Crippen molar-refractivity contribution in [1.29, 1.82) is 0 Å². The van der Waals surface area contributed by atoms with Crippen LogP contribution >= 0.6 is 0 Å². The van der Waals surface area contributed by atoms with Gasteiger partial charge in [0.05, 0.1) is 5.56 Å². The van der Waals surface area contributed by atoms with Gasteiger partial charge in [0, 0.05) is 31.9 Å². The van der Waals surface area contributed by atoms with E-state index in [0.29, 0.717) is 25.1 Å². The van der Waals surface area contributed by atoms with Crippen molar-refractivity contribution in [2.75, 3.05) is 24.5 Å². The highest BCUT2D eigenvalue weighted by Crippen LogP contribution is 2.41. The number of halogens is 3. The highest BCUT2D eigenvalue weighted by molar-refractivity contribution is 5.66. The van der Waals surface area contributed by atoms with Crippen LogP contribution in [0.3, 0.4) is 0 Å². The van der Waals surface area contributed by atoms with E-state index in [9.17, 15) is 13.2 Å². The topological polar surface area (TPSA) is 15.3 Å². The van der Waals surface area contributed by atoms with Gasteiger partial charge in [0.25, 0.3) is 0 Å². The molecule has 0 spiro atoms. The standard InChI is InChI=1S/C12H13F3N2/c13-12(14,15)10-2-1-8-7-16-4-6-17-5-3-9(10)11(8)17/h1-2,16H,3-7H2. The van der Waals surface area contributed by atoms with E-state index in [1.807, 2.05) is 0 Å². The predicted octanol–water partition coefficient (Wildman–Crippen LogP) is 2.17. The van der Waals surface area contributed by atoms with Gasteiger partial charge in [0.1, 0.15) is 0 Å². The summed E-state index contributed by atoms with van der Waals surface area (Å²) in [6.45, 7) is 2.99. The minimum absolute atomic E-state index is 0.458. The molecule has 2 aliphatic heterocycles. The van der Waals surface area contributed by atoms with E-state index in [2.05, 4.69) is 10.2 Å². The van der Waals surface area contributed by atoms with E-state index in [1.165, 1.54) is 6.07 Å². The van der Waals surface area contributed by atoms with E-state index in [-0.39, 0.29) is 0 Å². The van der Waals surface area contributed by atoms with Crippen molar-refractivity contribution in [3.05, 3.63) is 28.8 Å². The van der Waals surface area contributed by atoms with Crippen LogP contribution in [0.5, 0.6) is 0 Å². The molecule has 2 aliphatic rings. The van der Waals surface area contributed by atoms with Gasteiger partial charge in [0.2, 0.25) is 0 Å². The van der Waals surface area contributed by atoms with Crippen LogP contribution < -0.4 is 10.2 Å². The summed E-state index contributed by atoms with van der Waals surface area (Å²) in [4.78, 5) is 2.07. The highest BCUT2D eigenvalue weighted by Gasteiger charge is 2.37. The maximum atomic E-state index is 12.9. The normalized spacial score (nSPS) is 19.1. The first-order valence-corrected chi connectivity index (χ1v) is 5.75. The molecule has 0 fully saturated rings. The van der Waals surface area contributed by atoms with Gasteiger partial charge in [-0.25, -0.2) is 0 Å². The lowest BCUT2D eigenvalue weighted by Gasteiger charge is -2.19. The van der Waals surface area contributed by atoms with Crippen molar-refractivity contribution in [3.63, 3.8) is 0 Å². The van der Waals surface area contributed by atoms with Crippen LogP contribution in [0.25, 0.3) is 0 Å². The number of anilines is 1. The van der Waals surface area contributed by atoms with Gasteiger partial charge in [0.15, 0.2) is 0 Å². The molecule has 1 aromatic rings. The SMILES string of the molecule is FC(F)(F)c1ccc2c3c1CCN3CCNC2. The van der Waals surface area contributed by atoms with Gasteiger partial charge in [-0.1, -0.05) is 6.07 Å². The summed E-state index contributed by atoms with van der Waals surface area (Å²) in [5.41, 5.74) is 1.84. The van der Waals surface area contributed by atoms with E-state index in [1.54, 1.807) is 6.07 Å². The van der Waals surface area contributed by atoms with Crippen molar-refractivity contribution in [1.82, 2.24) is 5.32 Å². The Balaban J connectivity index is 2.17. The smallest absolute Gasteiger partial charge is 0.369 e. The summed E-state index contributed by atoms with van der Waals surface area (Å²) in [6, 6.07) is 2.84. The lowest BCUT2D eigenvalue weighted by atomic mass is 10.0. The monoisotopic (exact) mass is 242 g/mol. The second-order valence-electron chi connectivity index (χ2n) is 4.51. The van der Waals surface area contributed by atoms with Crippen LogP contribution in [-0.4, -0.2) is 19.6 Å². The fourth-order valence-electron chi connectivity index (χ4n) is 2.76. The van der Waals surface area contributed by atoms with Crippen LogP contribution in [0.15, 0.2) is 12.1 Å². The first-order valence-electron chi connectivity index (χ1n) is 5.75. The van der Waals surface area contributed by atoms with Crippen LogP contribution in [0.2, 0.25) is 0 Å². The molecule has 1 N–H and O–H groups in total. The van der Waals surface area contributed by atoms with Crippen LogP contribution in [0.1, 0.15) is 16.7 Å². The number of hydrogen-bond donors (Lipinski definition) is 1. The zero-order chi connectivity index (χ0) is 12.0. The number of rotatable bonds is 0. The molecule has 2 heterocycles. The van der Waals surface area contributed by atoms with E-state index >= 15 is 0 Å². The third-order valence-corrected chi connectivity index (χ3v) is 3.49. The first-order chi connectivity index (χ1) is 8.07. The first kappa shape index (κ1) is 10.9. The zero-order valence-electron chi connectivity index (χ0n) is 9.27. The Morgan fingerprint density at radius 1 is 1.18 bits per heavy atom. The molecule has 0 aromatic heterocycles. The maximum Gasteiger partial charge on any atom is 0.416 e. The van der Waals surface area contributed by atoms with Crippen molar-refractivity contribution < 1.29 is 13.2 Å². The Morgan fingerprint density at radius 2 is 2.00 bits per heavy atom. The van der Waals surface area contributed by atoms with Crippen molar-refractivity contribution in [3.8, 4) is 0 Å². The molecule has 0 saturated carbocycles. The third kappa shape index (κ3) is 1.69. The molecule has 17 heavy (non-hydrogen) atoms. The van der Waals surface area contributed by atoms with Crippen molar-refractivity contribution >= 4 is 5.69 Å². The molecule has 3 rings (SSSR count). The maximum absolute atomic E-state index is 12.9. The zero-order valence-corrected chi connectivity index (χ0v) is 9.27. The predicted molar refractivity (Wildman–Crippen MR) is 59.1 cm³/mol. The summed E-state index contributed by atoms with van der Waals surface area (Å²) in [5.74, 6) is 0. The fourth-order valence-corrected chi connectivity index (χ4v) is 2.76. The third-order valence-electron chi connectivity index (χ3n) is 3.49. The number of hydrogen-bond acceptors (Lipinski definition) is 2. The van der Waals surface area contributed by atoms with Gasteiger partial charge in [-0.3, -0.25) is 0 Å². The molecule has 0 unspecified atom stereocenters. The second-order valence-corrected chi connectivity index (χ2v) is 4.51. The lowest BCUT2D eigenvalue weighted by Crippen LogP contribution is -2.27. The molecule has 0 bridgehead atoms. The number of nitrogens with zero attached hydrogens (tertiary/aromatic N) is 1.